The Kier molecular flexibility index (Phi) is 7.49. The fraction of sp³-hybridized carbons (Fsp3) is 0.500. The Morgan fingerprint density at radius 3 is 2.84 bits per heavy atom. The maximum atomic E-state index is 11.6. The summed E-state index contributed by atoms with van der Waals surface area (Å²) in [6.07, 6.45) is 0.253. The SMILES string of the molecule is CC(C)C(O)CCNC(=O)CSc1cccc(Br)c1. The molecule has 0 spiro atoms. The van der Waals surface area contributed by atoms with Gasteiger partial charge in [0.15, 0.2) is 0 Å². The van der Waals surface area contributed by atoms with Crippen LogP contribution in [0.1, 0.15) is 20.3 Å². The van der Waals surface area contributed by atoms with Gasteiger partial charge in [0.2, 0.25) is 5.91 Å². The summed E-state index contributed by atoms with van der Waals surface area (Å²) in [6, 6.07) is 7.87. The minimum Gasteiger partial charge on any atom is -0.393 e. The average molecular weight is 346 g/mol. The molecule has 0 aliphatic rings. The van der Waals surface area contributed by atoms with E-state index >= 15 is 0 Å². The maximum absolute atomic E-state index is 11.6. The molecule has 0 heterocycles. The van der Waals surface area contributed by atoms with Crippen LogP contribution in [0.4, 0.5) is 0 Å². The van der Waals surface area contributed by atoms with Gasteiger partial charge in [-0.25, -0.2) is 0 Å². The zero-order valence-corrected chi connectivity index (χ0v) is 13.6. The molecule has 0 bridgehead atoms. The van der Waals surface area contributed by atoms with Gasteiger partial charge < -0.3 is 10.4 Å². The highest BCUT2D eigenvalue weighted by atomic mass is 79.9. The second-order valence-corrected chi connectivity index (χ2v) is 6.66. The molecule has 0 aliphatic heterocycles. The lowest BCUT2D eigenvalue weighted by Crippen LogP contribution is -2.29. The van der Waals surface area contributed by atoms with Gasteiger partial charge in [0.05, 0.1) is 11.9 Å². The standard InChI is InChI=1S/C14H20BrNO2S/c1-10(2)13(17)6-7-16-14(18)9-19-12-5-3-4-11(15)8-12/h3-5,8,10,13,17H,6-7,9H2,1-2H3,(H,16,18). The third-order valence-electron chi connectivity index (χ3n) is 2.70. The van der Waals surface area contributed by atoms with E-state index in [9.17, 15) is 9.90 Å². The van der Waals surface area contributed by atoms with Crippen molar-refractivity contribution < 1.29 is 9.90 Å². The first kappa shape index (κ1) is 16.5. The molecule has 0 aromatic heterocycles. The zero-order chi connectivity index (χ0) is 14.3. The minimum atomic E-state index is -0.349. The lowest BCUT2D eigenvalue weighted by molar-refractivity contribution is -0.118. The van der Waals surface area contributed by atoms with E-state index in [1.807, 2.05) is 38.1 Å². The van der Waals surface area contributed by atoms with Crippen LogP contribution in [-0.2, 0) is 4.79 Å². The molecule has 1 aromatic carbocycles. The summed E-state index contributed by atoms with van der Waals surface area (Å²) in [4.78, 5) is 12.7. The number of thioether (sulfide) groups is 1. The van der Waals surface area contributed by atoms with Gasteiger partial charge in [0.25, 0.3) is 0 Å². The van der Waals surface area contributed by atoms with Crippen molar-refractivity contribution in [3.8, 4) is 0 Å². The number of nitrogens with one attached hydrogen (secondary N) is 1. The van der Waals surface area contributed by atoms with Crippen LogP contribution in [0.5, 0.6) is 0 Å². The van der Waals surface area contributed by atoms with E-state index in [0.717, 1.165) is 9.37 Å². The van der Waals surface area contributed by atoms with E-state index in [1.54, 1.807) is 0 Å². The van der Waals surface area contributed by atoms with Crippen LogP contribution in [0.2, 0.25) is 0 Å². The molecule has 1 atom stereocenters. The maximum Gasteiger partial charge on any atom is 0.230 e. The molecule has 0 radical (unpaired) electrons. The minimum absolute atomic E-state index is 0.000863. The summed E-state index contributed by atoms with van der Waals surface area (Å²) in [7, 11) is 0. The number of benzene rings is 1. The van der Waals surface area contributed by atoms with Crippen molar-refractivity contribution >= 4 is 33.6 Å². The largest absolute Gasteiger partial charge is 0.393 e. The lowest BCUT2D eigenvalue weighted by Gasteiger charge is -2.14. The highest BCUT2D eigenvalue weighted by Gasteiger charge is 2.09. The van der Waals surface area contributed by atoms with Gasteiger partial charge in [-0.3, -0.25) is 4.79 Å². The molecule has 1 unspecified atom stereocenters. The molecule has 0 fully saturated rings. The van der Waals surface area contributed by atoms with Gasteiger partial charge in [-0.15, -0.1) is 11.8 Å². The van der Waals surface area contributed by atoms with E-state index in [-0.39, 0.29) is 17.9 Å². The number of aliphatic hydroxyl groups is 1. The fourth-order valence-corrected chi connectivity index (χ4v) is 2.79. The summed E-state index contributed by atoms with van der Waals surface area (Å²) in [6.45, 7) is 4.46. The third-order valence-corrected chi connectivity index (χ3v) is 4.18. The molecule has 1 aromatic rings. The number of carbonyl (C=O) groups excluding carboxylic acids is 1. The molecule has 0 saturated heterocycles. The first-order chi connectivity index (χ1) is 8.99. The van der Waals surface area contributed by atoms with Crippen LogP contribution in [-0.4, -0.2) is 29.4 Å². The van der Waals surface area contributed by atoms with Crippen molar-refractivity contribution in [2.75, 3.05) is 12.3 Å². The molecule has 1 rings (SSSR count). The quantitative estimate of drug-likeness (QED) is 0.746. The highest BCUT2D eigenvalue weighted by Crippen LogP contribution is 2.21. The lowest BCUT2D eigenvalue weighted by atomic mass is 10.0. The van der Waals surface area contributed by atoms with Gasteiger partial charge in [0.1, 0.15) is 0 Å². The molecule has 0 aliphatic carbocycles. The Morgan fingerprint density at radius 1 is 1.47 bits per heavy atom. The first-order valence-electron chi connectivity index (χ1n) is 6.32. The number of halogens is 1. The summed E-state index contributed by atoms with van der Waals surface area (Å²) in [5.41, 5.74) is 0. The number of hydrogen-bond donors (Lipinski definition) is 2. The summed E-state index contributed by atoms with van der Waals surface area (Å²) >= 11 is 4.90. The van der Waals surface area contributed by atoms with Crippen LogP contribution in [0.3, 0.4) is 0 Å². The summed E-state index contributed by atoms with van der Waals surface area (Å²) in [5, 5.41) is 12.4. The first-order valence-corrected chi connectivity index (χ1v) is 8.10. The molecule has 5 heteroatoms. The molecular weight excluding hydrogens is 326 g/mol. The molecule has 3 nitrogen and oxygen atoms in total. The summed E-state index contributed by atoms with van der Waals surface area (Å²) < 4.78 is 1.01. The molecule has 19 heavy (non-hydrogen) atoms. The van der Waals surface area contributed by atoms with Gasteiger partial charge in [-0.2, -0.15) is 0 Å². The second kappa shape index (κ2) is 8.61. The van der Waals surface area contributed by atoms with Crippen molar-refractivity contribution in [1.29, 1.82) is 0 Å². The Hall–Kier alpha value is -0.520. The third kappa shape index (κ3) is 6.99. The normalized spacial score (nSPS) is 12.5. The zero-order valence-electron chi connectivity index (χ0n) is 11.2. The van der Waals surface area contributed by atoms with Crippen molar-refractivity contribution in [1.82, 2.24) is 5.32 Å². The predicted octanol–water partition coefficient (Wildman–Crippen LogP) is 3.06. The fourth-order valence-electron chi connectivity index (χ4n) is 1.45. The second-order valence-electron chi connectivity index (χ2n) is 4.70. The van der Waals surface area contributed by atoms with Gasteiger partial charge in [0, 0.05) is 15.9 Å². The van der Waals surface area contributed by atoms with Crippen molar-refractivity contribution in [2.45, 2.75) is 31.3 Å². The Morgan fingerprint density at radius 2 is 2.21 bits per heavy atom. The van der Waals surface area contributed by atoms with E-state index < -0.39 is 0 Å². The summed E-state index contributed by atoms with van der Waals surface area (Å²) in [5.74, 6) is 0.627. The topological polar surface area (TPSA) is 49.3 Å². The van der Waals surface area contributed by atoms with E-state index in [4.69, 9.17) is 0 Å². The van der Waals surface area contributed by atoms with Gasteiger partial charge >= 0.3 is 0 Å². The van der Waals surface area contributed by atoms with Crippen LogP contribution < -0.4 is 5.32 Å². The Labute approximate surface area is 127 Å². The Balaban J connectivity index is 2.21. The van der Waals surface area contributed by atoms with Crippen molar-refractivity contribution in [3.63, 3.8) is 0 Å². The van der Waals surface area contributed by atoms with E-state index in [1.165, 1.54) is 11.8 Å². The van der Waals surface area contributed by atoms with Crippen molar-refractivity contribution in [3.05, 3.63) is 28.7 Å². The number of amides is 1. The Bertz CT molecular complexity index is 412. The molecule has 0 saturated carbocycles. The van der Waals surface area contributed by atoms with Crippen LogP contribution >= 0.6 is 27.7 Å². The molecule has 106 valence electrons. The van der Waals surface area contributed by atoms with E-state index in [2.05, 4.69) is 21.2 Å². The predicted molar refractivity (Wildman–Crippen MR) is 83.3 cm³/mol. The number of aliphatic hydroxyl groups excluding tert-OH is 1. The van der Waals surface area contributed by atoms with Crippen LogP contribution in [0.25, 0.3) is 0 Å². The number of rotatable bonds is 7. The smallest absolute Gasteiger partial charge is 0.230 e. The van der Waals surface area contributed by atoms with Gasteiger partial charge in [-0.05, 0) is 30.5 Å². The highest BCUT2D eigenvalue weighted by molar-refractivity contribution is 9.10. The van der Waals surface area contributed by atoms with Crippen molar-refractivity contribution in [2.24, 2.45) is 5.92 Å². The van der Waals surface area contributed by atoms with E-state index in [0.29, 0.717) is 18.7 Å². The van der Waals surface area contributed by atoms with Crippen LogP contribution in [0.15, 0.2) is 33.6 Å². The molecular formula is C14H20BrNO2S. The number of hydrogen-bond acceptors (Lipinski definition) is 3. The van der Waals surface area contributed by atoms with Gasteiger partial charge in [-0.1, -0.05) is 35.8 Å². The monoisotopic (exact) mass is 345 g/mol. The molecule has 1 amide bonds. The van der Waals surface area contributed by atoms with Crippen LogP contribution in [0, 0.1) is 5.92 Å². The average Bonchev–Trinajstić information content (AvgIpc) is 2.36. The molecule has 2 N–H and O–H groups in total. The number of carbonyl (C=O) groups is 1.